The smallest absolute Gasteiger partial charge is 0.238 e. The molecule has 9 heteroatoms. The molecule has 4 rings (SSSR count). The number of aliphatic imine (C=N–C) groups is 1. The molecule has 0 radical (unpaired) electrons. The van der Waals surface area contributed by atoms with Crippen molar-refractivity contribution in [3.8, 4) is 11.5 Å². The Bertz CT molecular complexity index is 1230. The molecule has 1 heterocycles. The van der Waals surface area contributed by atoms with Crippen molar-refractivity contribution in [1.29, 1.82) is 0 Å². The van der Waals surface area contributed by atoms with E-state index in [-0.39, 0.29) is 18.2 Å². The molecule has 0 aliphatic carbocycles. The summed E-state index contributed by atoms with van der Waals surface area (Å²) in [6, 6.07) is 21.8. The number of nitrogens with zero attached hydrogens (tertiary/aromatic N) is 2. The van der Waals surface area contributed by atoms with E-state index in [4.69, 9.17) is 26.1 Å². The molecule has 0 spiro atoms. The number of benzene rings is 3. The summed E-state index contributed by atoms with van der Waals surface area (Å²) in [5.41, 5.74) is 2.35. The maximum Gasteiger partial charge on any atom is 0.238 e. The lowest BCUT2D eigenvalue weighted by Crippen LogP contribution is -2.46. The van der Waals surface area contributed by atoms with Crippen LogP contribution >= 0.6 is 23.4 Å². The standard InChI is InChI=1S/C27H26ClN3O4S/c1-34-22-11-7-20(8-12-22)29-26(33)24-17-25(32)31(16-15-18-3-5-19(28)6-4-18)27(36-24)30-21-9-13-23(35-2)14-10-21/h3-14,24H,15-17H2,1-2H3,(H,29,33)/t24-/m0/s1. The lowest BCUT2D eigenvalue weighted by molar-refractivity contribution is -0.129. The molecule has 0 bridgehead atoms. The summed E-state index contributed by atoms with van der Waals surface area (Å²) < 4.78 is 10.4. The Kier molecular flexibility index (Phi) is 8.51. The monoisotopic (exact) mass is 523 g/mol. The second kappa shape index (κ2) is 12.0. The van der Waals surface area contributed by atoms with Crippen molar-refractivity contribution in [1.82, 2.24) is 4.90 Å². The Morgan fingerprint density at radius 3 is 2.22 bits per heavy atom. The number of ether oxygens (including phenoxy) is 2. The molecule has 2 amide bonds. The van der Waals surface area contributed by atoms with Crippen molar-refractivity contribution in [2.45, 2.75) is 18.1 Å². The molecule has 0 saturated carbocycles. The Morgan fingerprint density at radius 2 is 1.61 bits per heavy atom. The summed E-state index contributed by atoms with van der Waals surface area (Å²) in [4.78, 5) is 32.6. The number of halogens is 1. The van der Waals surface area contributed by atoms with Crippen LogP contribution in [0.2, 0.25) is 5.02 Å². The number of amidine groups is 1. The molecule has 1 N–H and O–H groups in total. The Morgan fingerprint density at radius 1 is 1.00 bits per heavy atom. The van der Waals surface area contributed by atoms with Gasteiger partial charge in [-0.15, -0.1) is 0 Å². The fourth-order valence-corrected chi connectivity index (χ4v) is 4.87. The molecule has 1 fully saturated rings. The maximum atomic E-state index is 13.2. The zero-order valence-corrected chi connectivity index (χ0v) is 21.5. The first-order valence-corrected chi connectivity index (χ1v) is 12.6. The largest absolute Gasteiger partial charge is 0.497 e. The van der Waals surface area contributed by atoms with Gasteiger partial charge in [-0.25, -0.2) is 4.99 Å². The Labute approximate surface area is 219 Å². The second-order valence-corrected chi connectivity index (χ2v) is 9.65. The van der Waals surface area contributed by atoms with Crippen LogP contribution in [-0.2, 0) is 16.0 Å². The number of methoxy groups -OCH3 is 2. The first-order valence-electron chi connectivity index (χ1n) is 11.3. The molecule has 7 nitrogen and oxygen atoms in total. The van der Waals surface area contributed by atoms with Crippen molar-refractivity contribution < 1.29 is 19.1 Å². The van der Waals surface area contributed by atoms with E-state index in [1.807, 2.05) is 36.4 Å². The average molecular weight is 524 g/mol. The highest BCUT2D eigenvalue weighted by molar-refractivity contribution is 8.15. The highest BCUT2D eigenvalue weighted by Gasteiger charge is 2.35. The summed E-state index contributed by atoms with van der Waals surface area (Å²) >= 11 is 7.28. The van der Waals surface area contributed by atoms with E-state index in [0.717, 1.165) is 5.56 Å². The van der Waals surface area contributed by atoms with E-state index < -0.39 is 5.25 Å². The van der Waals surface area contributed by atoms with E-state index in [9.17, 15) is 9.59 Å². The number of carbonyl (C=O) groups excluding carboxylic acids is 2. The molecule has 3 aromatic rings. The molecule has 3 aromatic carbocycles. The lowest BCUT2D eigenvalue weighted by atomic mass is 10.1. The minimum Gasteiger partial charge on any atom is -0.497 e. The van der Waals surface area contributed by atoms with Gasteiger partial charge in [-0.3, -0.25) is 14.5 Å². The lowest BCUT2D eigenvalue weighted by Gasteiger charge is -2.32. The molecule has 36 heavy (non-hydrogen) atoms. The Hall–Kier alpha value is -3.49. The molecule has 1 saturated heterocycles. The van der Waals surface area contributed by atoms with E-state index in [0.29, 0.717) is 46.0 Å². The number of rotatable bonds is 8. The van der Waals surface area contributed by atoms with Crippen LogP contribution in [0.5, 0.6) is 11.5 Å². The average Bonchev–Trinajstić information content (AvgIpc) is 2.90. The van der Waals surface area contributed by atoms with Crippen LogP contribution in [0.3, 0.4) is 0 Å². The molecule has 1 aliphatic rings. The predicted octanol–water partition coefficient (Wildman–Crippen LogP) is 5.56. The zero-order valence-electron chi connectivity index (χ0n) is 19.9. The van der Waals surface area contributed by atoms with Crippen molar-refractivity contribution in [3.05, 3.63) is 83.4 Å². The molecule has 186 valence electrons. The number of carbonyl (C=O) groups is 2. The number of nitrogens with one attached hydrogen (secondary N) is 1. The number of hydrogen-bond acceptors (Lipinski definition) is 6. The fourth-order valence-electron chi connectivity index (χ4n) is 3.62. The molecule has 1 atom stereocenters. The van der Waals surface area contributed by atoms with Gasteiger partial charge < -0.3 is 14.8 Å². The summed E-state index contributed by atoms with van der Waals surface area (Å²) in [7, 11) is 3.18. The van der Waals surface area contributed by atoms with Crippen molar-refractivity contribution in [2.24, 2.45) is 4.99 Å². The first kappa shape index (κ1) is 25.6. The quantitative estimate of drug-likeness (QED) is 0.418. The molecular formula is C27H26ClN3O4S. The minimum absolute atomic E-state index is 0.0783. The van der Waals surface area contributed by atoms with Gasteiger partial charge in [-0.05, 0) is 72.6 Å². The third-order valence-electron chi connectivity index (χ3n) is 5.62. The topological polar surface area (TPSA) is 80.2 Å². The highest BCUT2D eigenvalue weighted by atomic mass is 35.5. The van der Waals surface area contributed by atoms with E-state index in [1.54, 1.807) is 55.5 Å². The third-order valence-corrected chi connectivity index (χ3v) is 7.06. The van der Waals surface area contributed by atoms with Crippen LogP contribution in [0.25, 0.3) is 0 Å². The molecule has 0 aromatic heterocycles. The van der Waals surface area contributed by atoms with Gasteiger partial charge in [0.05, 0.1) is 19.9 Å². The van der Waals surface area contributed by atoms with Gasteiger partial charge in [0.25, 0.3) is 0 Å². The van der Waals surface area contributed by atoms with E-state index >= 15 is 0 Å². The molecule has 1 aliphatic heterocycles. The van der Waals surface area contributed by atoms with Gasteiger partial charge in [0.2, 0.25) is 11.8 Å². The van der Waals surface area contributed by atoms with Crippen molar-refractivity contribution >= 4 is 51.7 Å². The van der Waals surface area contributed by atoms with Gasteiger partial charge in [0.1, 0.15) is 16.7 Å². The maximum absolute atomic E-state index is 13.2. The van der Waals surface area contributed by atoms with Gasteiger partial charge in [0.15, 0.2) is 5.17 Å². The van der Waals surface area contributed by atoms with Crippen LogP contribution < -0.4 is 14.8 Å². The normalized spacial score (nSPS) is 16.6. The van der Waals surface area contributed by atoms with E-state index in [2.05, 4.69) is 5.32 Å². The number of amides is 2. The molecular weight excluding hydrogens is 498 g/mol. The summed E-state index contributed by atoms with van der Waals surface area (Å²) in [5, 5.41) is 3.43. The third kappa shape index (κ3) is 6.59. The van der Waals surface area contributed by atoms with Crippen LogP contribution in [0.4, 0.5) is 11.4 Å². The van der Waals surface area contributed by atoms with E-state index in [1.165, 1.54) is 11.8 Å². The number of thioether (sulfide) groups is 1. The SMILES string of the molecule is COc1ccc(N=C2S[C@H](C(=O)Nc3ccc(OC)cc3)CC(=O)N2CCc2ccc(Cl)cc2)cc1. The Balaban J connectivity index is 1.53. The van der Waals surface area contributed by atoms with Crippen LogP contribution in [-0.4, -0.2) is 47.9 Å². The van der Waals surface area contributed by atoms with Crippen molar-refractivity contribution in [2.75, 3.05) is 26.1 Å². The zero-order chi connectivity index (χ0) is 25.5. The van der Waals surface area contributed by atoms with Crippen molar-refractivity contribution in [3.63, 3.8) is 0 Å². The minimum atomic E-state index is -0.608. The number of hydrogen-bond donors (Lipinski definition) is 1. The number of anilines is 1. The van der Waals surface area contributed by atoms with Gasteiger partial charge in [0, 0.05) is 23.7 Å². The van der Waals surface area contributed by atoms with Crippen LogP contribution in [0.15, 0.2) is 77.8 Å². The van der Waals surface area contributed by atoms with Gasteiger partial charge in [-0.1, -0.05) is 35.5 Å². The van der Waals surface area contributed by atoms with Crippen LogP contribution in [0, 0.1) is 0 Å². The predicted molar refractivity (Wildman–Crippen MR) is 145 cm³/mol. The first-order chi connectivity index (χ1) is 17.4. The highest BCUT2D eigenvalue weighted by Crippen LogP contribution is 2.31. The van der Waals surface area contributed by atoms with Gasteiger partial charge in [-0.2, -0.15) is 0 Å². The van der Waals surface area contributed by atoms with Crippen LogP contribution in [0.1, 0.15) is 12.0 Å². The molecule has 0 unspecified atom stereocenters. The summed E-state index contributed by atoms with van der Waals surface area (Å²) in [6.45, 7) is 0.440. The van der Waals surface area contributed by atoms with Gasteiger partial charge >= 0.3 is 0 Å². The summed E-state index contributed by atoms with van der Waals surface area (Å²) in [6.07, 6.45) is 0.711. The second-order valence-electron chi connectivity index (χ2n) is 8.04. The summed E-state index contributed by atoms with van der Waals surface area (Å²) in [5.74, 6) is 1.01. The fraction of sp³-hybridized carbons (Fsp3) is 0.222.